The first-order chi connectivity index (χ1) is 6.83. The van der Waals surface area contributed by atoms with E-state index in [0.29, 0.717) is 18.2 Å². The monoisotopic (exact) mass is 192 g/mol. The SMILES string of the molecule is N#CCCN(C1CC1)C1CCCC1=O. The molecule has 1 unspecified atom stereocenters. The van der Waals surface area contributed by atoms with E-state index in [-0.39, 0.29) is 6.04 Å². The summed E-state index contributed by atoms with van der Waals surface area (Å²) in [5.74, 6) is 0.398. The van der Waals surface area contributed by atoms with Gasteiger partial charge in [0.05, 0.1) is 12.1 Å². The number of nitriles is 1. The van der Waals surface area contributed by atoms with E-state index in [1.807, 2.05) is 0 Å². The van der Waals surface area contributed by atoms with Crippen molar-refractivity contribution in [2.75, 3.05) is 6.54 Å². The summed E-state index contributed by atoms with van der Waals surface area (Å²) in [4.78, 5) is 13.9. The van der Waals surface area contributed by atoms with Crippen molar-refractivity contribution in [3.63, 3.8) is 0 Å². The maximum absolute atomic E-state index is 11.6. The Kier molecular flexibility index (Phi) is 2.83. The van der Waals surface area contributed by atoms with Gasteiger partial charge in [-0.25, -0.2) is 0 Å². The molecule has 0 amide bonds. The van der Waals surface area contributed by atoms with E-state index in [2.05, 4.69) is 11.0 Å². The largest absolute Gasteiger partial charge is 0.298 e. The normalized spacial score (nSPS) is 26.9. The predicted molar refractivity (Wildman–Crippen MR) is 52.6 cm³/mol. The third-order valence-corrected chi connectivity index (χ3v) is 3.17. The molecule has 0 radical (unpaired) electrons. The van der Waals surface area contributed by atoms with Gasteiger partial charge in [-0.05, 0) is 25.7 Å². The Morgan fingerprint density at radius 1 is 1.43 bits per heavy atom. The van der Waals surface area contributed by atoms with Crippen LogP contribution in [0.4, 0.5) is 0 Å². The first-order valence-electron chi connectivity index (χ1n) is 5.48. The minimum atomic E-state index is 0.149. The number of ketones is 1. The van der Waals surface area contributed by atoms with Crippen molar-refractivity contribution in [2.45, 2.75) is 50.6 Å². The van der Waals surface area contributed by atoms with E-state index in [1.54, 1.807) is 0 Å². The third kappa shape index (κ3) is 1.96. The van der Waals surface area contributed by atoms with Gasteiger partial charge in [-0.3, -0.25) is 9.69 Å². The standard InChI is InChI=1S/C11H16N2O/c12-7-2-8-13(9-5-6-9)10-3-1-4-11(10)14/h9-10H,1-6,8H2. The number of hydrogen-bond acceptors (Lipinski definition) is 3. The van der Waals surface area contributed by atoms with Gasteiger partial charge in [-0.15, -0.1) is 0 Å². The van der Waals surface area contributed by atoms with Crippen LogP contribution in [0.2, 0.25) is 0 Å². The van der Waals surface area contributed by atoms with Gasteiger partial charge < -0.3 is 0 Å². The van der Waals surface area contributed by atoms with Gasteiger partial charge in [0.1, 0.15) is 5.78 Å². The van der Waals surface area contributed by atoms with Gasteiger partial charge in [0.25, 0.3) is 0 Å². The van der Waals surface area contributed by atoms with Gasteiger partial charge in [0.15, 0.2) is 0 Å². The molecule has 0 heterocycles. The highest BCUT2D eigenvalue weighted by Gasteiger charge is 2.38. The molecule has 2 saturated carbocycles. The van der Waals surface area contributed by atoms with Crippen molar-refractivity contribution in [1.82, 2.24) is 4.90 Å². The van der Waals surface area contributed by atoms with Crippen LogP contribution in [-0.4, -0.2) is 29.3 Å². The molecule has 0 aromatic rings. The number of carbonyl (C=O) groups is 1. The Labute approximate surface area is 84.7 Å². The first-order valence-corrected chi connectivity index (χ1v) is 5.48. The lowest BCUT2D eigenvalue weighted by atomic mass is 10.2. The van der Waals surface area contributed by atoms with Crippen molar-refractivity contribution in [3.8, 4) is 6.07 Å². The molecule has 0 spiro atoms. The Morgan fingerprint density at radius 3 is 2.71 bits per heavy atom. The van der Waals surface area contributed by atoms with Crippen molar-refractivity contribution in [3.05, 3.63) is 0 Å². The fraction of sp³-hybridized carbons (Fsp3) is 0.818. The minimum Gasteiger partial charge on any atom is -0.298 e. The summed E-state index contributed by atoms with van der Waals surface area (Å²) in [6, 6.07) is 2.92. The Hall–Kier alpha value is -0.880. The molecule has 1 atom stereocenters. The Balaban J connectivity index is 1.95. The van der Waals surface area contributed by atoms with Crippen molar-refractivity contribution < 1.29 is 4.79 Å². The second-order valence-corrected chi connectivity index (χ2v) is 4.25. The molecule has 0 aromatic heterocycles. The maximum Gasteiger partial charge on any atom is 0.149 e. The van der Waals surface area contributed by atoms with E-state index in [0.717, 1.165) is 25.8 Å². The number of Topliss-reactive ketones (excluding diaryl/α,β-unsaturated/α-hetero) is 1. The van der Waals surface area contributed by atoms with E-state index in [9.17, 15) is 4.79 Å². The van der Waals surface area contributed by atoms with Gasteiger partial charge in [0.2, 0.25) is 0 Å². The molecule has 0 aromatic carbocycles. The molecule has 0 aliphatic heterocycles. The molecule has 2 rings (SSSR count). The third-order valence-electron chi connectivity index (χ3n) is 3.17. The van der Waals surface area contributed by atoms with E-state index in [4.69, 9.17) is 5.26 Å². The maximum atomic E-state index is 11.6. The van der Waals surface area contributed by atoms with Crippen LogP contribution in [0.3, 0.4) is 0 Å². The first kappa shape index (κ1) is 9.67. The second kappa shape index (κ2) is 4.10. The highest BCUT2D eigenvalue weighted by molar-refractivity contribution is 5.86. The smallest absolute Gasteiger partial charge is 0.149 e. The van der Waals surface area contributed by atoms with Crippen LogP contribution in [0.25, 0.3) is 0 Å². The number of hydrogen-bond donors (Lipinski definition) is 0. The predicted octanol–water partition coefficient (Wildman–Crippen LogP) is 1.49. The van der Waals surface area contributed by atoms with Crippen molar-refractivity contribution >= 4 is 5.78 Å². The summed E-state index contributed by atoms with van der Waals surface area (Å²) in [6.45, 7) is 0.789. The average molecular weight is 192 g/mol. The summed E-state index contributed by atoms with van der Waals surface area (Å²) in [6.07, 6.45) is 5.80. The van der Waals surface area contributed by atoms with Crippen molar-refractivity contribution in [1.29, 1.82) is 5.26 Å². The lowest BCUT2D eigenvalue weighted by molar-refractivity contribution is -0.122. The second-order valence-electron chi connectivity index (χ2n) is 4.25. The molecular weight excluding hydrogens is 176 g/mol. The van der Waals surface area contributed by atoms with Gasteiger partial charge in [-0.1, -0.05) is 0 Å². The van der Waals surface area contributed by atoms with Crippen LogP contribution in [0.15, 0.2) is 0 Å². The number of carbonyl (C=O) groups excluding carboxylic acids is 1. The summed E-state index contributed by atoms with van der Waals surface area (Å²) in [7, 11) is 0. The zero-order valence-electron chi connectivity index (χ0n) is 8.41. The highest BCUT2D eigenvalue weighted by Crippen LogP contribution is 2.32. The van der Waals surface area contributed by atoms with Gasteiger partial charge >= 0.3 is 0 Å². The van der Waals surface area contributed by atoms with Crippen LogP contribution < -0.4 is 0 Å². The van der Waals surface area contributed by atoms with E-state index < -0.39 is 0 Å². The van der Waals surface area contributed by atoms with Crippen LogP contribution >= 0.6 is 0 Å². The molecule has 3 heteroatoms. The molecule has 76 valence electrons. The molecule has 2 aliphatic carbocycles. The zero-order valence-corrected chi connectivity index (χ0v) is 8.41. The van der Waals surface area contributed by atoms with Crippen molar-refractivity contribution in [2.24, 2.45) is 0 Å². The minimum absolute atomic E-state index is 0.149. The van der Waals surface area contributed by atoms with Crippen LogP contribution in [0, 0.1) is 11.3 Å². The van der Waals surface area contributed by atoms with Crippen LogP contribution in [0.1, 0.15) is 38.5 Å². The van der Waals surface area contributed by atoms with E-state index >= 15 is 0 Å². The molecule has 3 nitrogen and oxygen atoms in total. The van der Waals surface area contributed by atoms with Gasteiger partial charge in [-0.2, -0.15) is 5.26 Å². The molecule has 0 N–H and O–H groups in total. The molecule has 0 bridgehead atoms. The van der Waals surface area contributed by atoms with E-state index in [1.165, 1.54) is 12.8 Å². The molecular formula is C11H16N2O. The fourth-order valence-electron chi connectivity index (χ4n) is 2.33. The average Bonchev–Trinajstić information content (AvgIpc) is 2.92. The lowest BCUT2D eigenvalue weighted by Gasteiger charge is -2.26. The molecule has 14 heavy (non-hydrogen) atoms. The molecule has 2 aliphatic rings. The quantitative estimate of drug-likeness (QED) is 0.677. The lowest BCUT2D eigenvalue weighted by Crippen LogP contribution is -2.40. The Morgan fingerprint density at radius 2 is 2.21 bits per heavy atom. The topological polar surface area (TPSA) is 44.1 Å². The van der Waals surface area contributed by atoms with Crippen LogP contribution in [0.5, 0.6) is 0 Å². The summed E-state index contributed by atoms with van der Waals surface area (Å²) < 4.78 is 0. The number of nitrogens with zero attached hydrogens (tertiary/aromatic N) is 2. The fourth-order valence-corrected chi connectivity index (χ4v) is 2.33. The summed E-state index contributed by atoms with van der Waals surface area (Å²) in [5.41, 5.74) is 0. The molecule has 2 fully saturated rings. The zero-order chi connectivity index (χ0) is 9.97. The summed E-state index contributed by atoms with van der Waals surface area (Å²) in [5, 5.41) is 8.56. The Bertz CT molecular complexity index is 265. The van der Waals surface area contributed by atoms with Crippen LogP contribution in [-0.2, 0) is 4.79 Å². The summed E-state index contributed by atoms with van der Waals surface area (Å²) >= 11 is 0. The van der Waals surface area contributed by atoms with Gasteiger partial charge in [0, 0.05) is 25.4 Å². The number of rotatable bonds is 4. The highest BCUT2D eigenvalue weighted by atomic mass is 16.1. The molecule has 0 saturated heterocycles.